The summed E-state index contributed by atoms with van der Waals surface area (Å²) >= 11 is 0. The lowest BCUT2D eigenvalue weighted by Crippen LogP contribution is -2.41. The number of benzene rings is 1. The Morgan fingerprint density at radius 2 is 1.67 bits per heavy atom. The van der Waals surface area contributed by atoms with E-state index in [0.717, 1.165) is 25.0 Å². The molecule has 2 fully saturated rings. The number of piperidine rings is 1. The average Bonchev–Trinajstić information content (AvgIpc) is 2.78. The first-order valence-corrected chi connectivity index (χ1v) is 9.61. The number of halogens is 2. The minimum absolute atomic E-state index is 0.0224. The van der Waals surface area contributed by atoms with Crippen LogP contribution in [0.25, 0.3) is 0 Å². The third kappa shape index (κ3) is 4.04. The number of hydrogen-bond acceptors (Lipinski definition) is 3. The lowest BCUT2D eigenvalue weighted by Gasteiger charge is -2.32. The average molecular weight is 379 g/mol. The lowest BCUT2D eigenvalue weighted by atomic mass is 9.78. The van der Waals surface area contributed by atoms with Gasteiger partial charge in [0.2, 0.25) is 5.91 Å². The smallest absolute Gasteiger partial charge is 0.399 e. The van der Waals surface area contributed by atoms with Crippen LogP contribution in [0, 0.1) is 17.6 Å². The molecule has 27 heavy (non-hydrogen) atoms. The molecular formula is C20H28BF2NO3. The molecule has 1 amide bonds. The predicted octanol–water partition coefficient (Wildman–Crippen LogP) is 3.07. The molecule has 3 rings (SSSR count). The Balaban J connectivity index is 1.75. The van der Waals surface area contributed by atoms with Crippen LogP contribution in [0.3, 0.4) is 0 Å². The number of likely N-dealkylation sites (tertiary alicyclic amines) is 1. The molecule has 2 saturated heterocycles. The van der Waals surface area contributed by atoms with Crippen molar-refractivity contribution in [1.29, 1.82) is 0 Å². The fourth-order valence-electron chi connectivity index (χ4n) is 3.42. The van der Waals surface area contributed by atoms with Crippen LogP contribution < -0.4 is 5.46 Å². The molecule has 0 bridgehead atoms. The number of amides is 1. The van der Waals surface area contributed by atoms with Crippen molar-refractivity contribution in [2.75, 3.05) is 13.1 Å². The maximum atomic E-state index is 14.7. The van der Waals surface area contributed by atoms with Gasteiger partial charge in [0.1, 0.15) is 11.6 Å². The van der Waals surface area contributed by atoms with Crippen molar-refractivity contribution in [2.24, 2.45) is 5.92 Å². The van der Waals surface area contributed by atoms with Gasteiger partial charge in [0.25, 0.3) is 0 Å². The molecular weight excluding hydrogens is 351 g/mol. The highest BCUT2D eigenvalue weighted by Gasteiger charge is 2.52. The van der Waals surface area contributed by atoms with Crippen LogP contribution in [-0.4, -0.2) is 42.2 Å². The molecule has 1 aromatic rings. The van der Waals surface area contributed by atoms with E-state index in [0.29, 0.717) is 19.0 Å². The van der Waals surface area contributed by atoms with Gasteiger partial charge in [0, 0.05) is 18.6 Å². The van der Waals surface area contributed by atoms with Gasteiger partial charge in [-0.25, -0.2) is 8.78 Å². The summed E-state index contributed by atoms with van der Waals surface area (Å²) in [6.07, 6.45) is 1.76. The first-order chi connectivity index (χ1) is 12.5. The summed E-state index contributed by atoms with van der Waals surface area (Å²) in [5, 5.41) is 0. The van der Waals surface area contributed by atoms with Crippen molar-refractivity contribution in [3.8, 4) is 0 Å². The van der Waals surface area contributed by atoms with E-state index >= 15 is 0 Å². The highest BCUT2D eigenvalue weighted by molar-refractivity contribution is 6.62. The Morgan fingerprint density at radius 1 is 1.11 bits per heavy atom. The largest absolute Gasteiger partial charge is 0.497 e. The van der Waals surface area contributed by atoms with Crippen LogP contribution in [0.2, 0.25) is 0 Å². The van der Waals surface area contributed by atoms with Crippen LogP contribution in [0.4, 0.5) is 8.78 Å². The number of hydrogen-bond donors (Lipinski definition) is 0. The van der Waals surface area contributed by atoms with E-state index in [4.69, 9.17) is 9.31 Å². The Bertz CT molecular complexity index is 714. The van der Waals surface area contributed by atoms with Gasteiger partial charge < -0.3 is 14.2 Å². The molecule has 2 aliphatic heterocycles. The quantitative estimate of drug-likeness (QED) is 0.758. The lowest BCUT2D eigenvalue weighted by molar-refractivity contribution is -0.131. The first kappa shape index (κ1) is 20.3. The van der Waals surface area contributed by atoms with Crippen LogP contribution in [-0.2, 0) is 20.5 Å². The van der Waals surface area contributed by atoms with Crippen LogP contribution >= 0.6 is 0 Å². The zero-order chi connectivity index (χ0) is 20.0. The van der Waals surface area contributed by atoms with Crippen molar-refractivity contribution >= 4 is 18.5 Å². The Kier molecular flexibility index (Phi) is 5.38. The van der Waals surface area contributed by atoms with Crippen molar-refractivity contribution < 1.29 is 22.9 Å². The van der Waals surface area contributed by atoms with Gasteiger partial charge in [0.05, 0.1) is 17.6 Å². The zero-order valence-electron chi connectivity index (χ0n) is 16.8. The fraction of sp³-hybridized carbons (Fsp3) is 0.650. The second-order valence-electron chi connectivity index (χ2n) is 8.79. The summed E-state index contributed by atoms with van der Waals surface area (Å²) in [5.41, 5.74) is -1.19. The van der Waals surface area contributed by atoms with E-state index < -0.39 is 30.0 Å². The SMILES string of the molecule is CC1CCN(C(=O)Cc2cc(F)c(B3OC(C)(C)C(C)(C)O3)cc2F)CC1. The van der Waals surface area contributed by atoms with Gasteiger partial charge in [-0.05, 0) is 64.2 Å². The normalized spacial score (nSPS) is 22.3. The van der Waals surface area contributed by atoms with Crippen molar-refractivity contribution in [3.63, 3.8) is 0 Å². The Labute approximate surface area is 160 Å². The van der Waals surface area contributed by atoms with Crippen molar-refractivity contribution in [2.45, 2.75) is 65.1 Å². The van der Waals surface area contributed by atoms with E-state index in [9.17, 15) is 13.6 Å². The van der Waals surface area contributed by atoms with E-state index in [-0.39, 0.29) is 23.4 Å². The van der Waals surface area contributed by atoms with Gasteiger partial charge in [-0.2, -0.15) is 0 Å². The molecule has 1 aromatic carbocycles. The molecule has 2 heterocycles. The first-order valence-electron chi connectivity index (χ1n) is 9.61. The molecule has 7 heteroatoms. The zero-order valence-corrected chi connectivity index (χ0v) is 16.8. The fourth-order valence-corrected chi connectivity index (χ4v) is 3.42. The Morgan fingerprint density at radius 3 is 2.22 bits per heavy atom. The monoisotopic (exact) mass is 379 g/mol. The number of carbonyl (C=O) groups excluding carboxylic acids is 1. The van der Waals surface area contributed by atoms with Gasteiger partial charge in [0.15, 0.2) is 0 Å². The molecule has 0 aromatic heterocycles. The van der Waals surface area contributed by atoms with E-state index in [1.54, 1.807) is 4.90 Å². The second-order valence-corrected chi connectivity index (χ2v) is 8.79. The van der Waals surface area contributed by atoms with Crippen molar-refractivity contribution in [3.05, 3.63) is 29.3 Å². The molecule has 0 aliphatic carbocycles. The predicted molar refractivity (Wildman–Crippen MR) is 101 cm³/mol. The van der Waals surface area contributed by atoms with E-state index in [1.807, 2.05) is 27.7 Å². The van der Waals surface area contributed by atoms with Crippen LogP contribution in [0.1, 0.15) is 53.0 Å². The van der Waals surface area contributed by atoms with Gasteiger partial charge >= 0.3 is 7.12 Å². The third-order valence-corrected chi connectivity index (χ3v) is 6.15. The summed E-state index contributed by atoms with van der Waals surface area (Å²) in [4.78, 5) is 14.2. The molecule has 0 unspecified atom stereocenters. The number of nitrogens with zero attached hydrogens (tertiary/aromatic N) is 1. The maximum absolute atomic E-state index is 14.7. The molecule has 0 atom stereocenters. The molecule has 4 nitrogen and oxygen atoms in total. The van der Waals surface area contributed by atoms with E-state index in [1.165, 1.54) is 0 Å². The summed E-state index contributed by atoms with van der Waals surface area (Å²) in [6, 6.07) is 2.19. The molecule has 148 valence electrons. The van der Waals surface area contributed by atoms with Gasteiger partial charge in [-0.15, -0.1) is 0 Å². The summed E-state index contributed by atoms with van der Waals surface area (Å²) in [5.74, 6) is -0.796. The topological polar surface area (TPSA) is 38.8 Å². The standard InChI is InChI=1S/C20H28BF2NO3/c1-13-6-8-24(9-7-13)18(25)11-14-10-17(23)15(12-16(14)22)21-26-19(2,3)20(4,5)27-21/h10,12-13H,6-9,11H2,1-5H3. The summed E-state index contributed by atoms with van der Waals surface area (Å²) in [7, 11) is -0.974. The molecule has 0 spiro atoms. The van der Waals surface area contributed by atoms with E-state index in [2.05, 4.69) is 6.92 Å². The summed E-state index contributed by atoms with van der Waals surface area (Å²) < 4.78 is 40.9. The van der Waals surface area contributed by atoms with Crippen LogP contribution in [0.15, 0.2) is 12.1 Å². The molecule has 0 radical (unpaired) electrons. The maximum Gasteiger partial charge on any atom is 0.497 e. The van der Waals surface area contributed by atoms with Gasteiger partial charge in [-0.3, -0.25) is 4.79 Å². The number of rotatable bonds is 3. The van der Waals surface area contributed by atoms with Crippen molar-refractivity contribution in [1.82, 2.24) is 4.90 Å². The summed E-state index contributed by atoms with van der Waals surface area (Å²) in [6.45, 7) is 10.9. The minimum Gasteiger partial charge on any atom is -0.399 e. The molecule has 2 aliphatic rings. The molecule has 0 saturated carbocycles. The Hall–Kier alpha value is -1.47. The third-order valence-electron chi connectivity index (χ3n) is 6.15. The minimum atomic E-state index is -0.974. The second kappa shape index (κ2) is 7.17. The number of carbonyl (C=O) groups is 1. The van der Waals surface area contributed by atoms with Gasteiger partial charge in [-0.1, -0.05) is 6.92 Å². The highest BCUT2D eigenvalue weighted by atomic mass is 19.1. The molecule has 0 N–H and O–H groups in total. The highest BCUT2D eigenvalue weighted by Crippen LogP contribution is 2.36. The van der Waals surface area contributed by atoms with Crippen LogP contribution in [0.5, 0.6) is 0 Å².